The van der Waals surface area contributed by atoms with Gasteiger partial charge in [-0.25, -0.2) is 4.39 Å². The molecule has 1 nitrogen and oxygen atoms in total. The van der Waals surface area contributed by atoms with Crippen LogP contribution < -0.4 is 0 Å². The van der Waals surface area contributed by atoms with E-state index in [1.165, 1.54) is 0 Å². The number of benzene rings is 3. The molecule has 3 aromatic rings. The topological polar surface area (TPSA) is 23.8 Å². The summed E-state index contributed by atoms with van der Waals surface area (Å²) in [6, 6.07) is 20.7. The second kappa shape index (κ2) is 7.83. The predicted molar refractivity (Wildman–Crippen MR) is 103 cm³/mol. The van der Waals surface area contributed by atoms with Crippen LogP contribution in [0.1, 0.15) is 12.5 Å². The minimum Gasteiger partial charge on any atom is -0.206 e. The fourth-order valence-corrected chi connectivity index (χ4v) is 3.04. The molecule has 0 aliphatic heterocycles. The van der Waals surface area contributed by atoms with Crippen LogP contribution in [0.15, 0.2) is 77.7 Å². The normalized spacial score (nSPS) is 10.8. The van der Waals surface area contributed by atoms with E-state index in [2.05, 4.69) is 0 Å². The van der Waals surface area contributed by atoms with Crippen molar-refractivity contribution >= 4 is 17.8 Å². The Labute approximate surface area is 151 Å². The lowest BCUT2D eigenvalue weighted by molar-refractivity contribution is 0.632. The van der Waals surface area contributed by atoms with Crippen LogP contribution in [0.4, 0.5) is 4.39 Å². The Morgan fingerprint density at radius 3 is 2.12 bits per heavy atom. The zero-order valence-electron chi connectivity index (χ0n) is 13.7. The first-order valence-electron chi connectivity index (χ1n) is 7.90. The molecule has 3 aromatic carbocycles. The van der Waals surface area contributed by atoms with E-state index in [4.69, 9.17) is 5.26 Å². The molecule has 0 fully saturated rings. The van der Waals surface area contributed by atoms with Crippen molar-refractivity contribution in [3.05, 3.63) is 84.2 Å². The monoisotopic (exact) mass is 345 g/mol. The van der Waals surface area contributed by atoms with E-state index in [0.717, 1.165) is 38.9 Å². The number of halogens is 1. The lowest BCUT2D eigenvalue weighted by Gasteiger charge is -2.08. The number of nitrogens with zero attached hydrogens (tertiary/aromatic N) is 1. The molecule has 0 unspecified atom stereocenters. The molecule has 0 aliphatic rings. The number of hydrogen-bond donors (Lipinski definition) is 0. The van der Waals surface area contributed by atoms with Crippen LogP contribution in [-0.2, 0) is 0 Å². The third-order valence-electron chi connectivity index (χ3n) is 3.90. The van der Waals surface area contributed by atoms with Crippen LogP contribution in [-0.4, -0.2) is 0 Å². The Morgan fingerprint density at radius 2 is 1.52 bits per heavy atom. The van der Waals surface area contributed by atoms with Crippen LogP contribution in [0, 0.1) is 16.5 Å². The van der Waals surface area contributed by atoms with Crippen LogP contribution in [0.3, 0.4) is 0 Å². The van der Waals surface area contributed by atoms with Gasteiger partial charge in [0.2, 0.25) is 0 Å². The lowest BCUT2D eigenvalue weighted by atomic mass is 9.99. The molecule has 0 radical (unpaired) electrons. The highest BCUT2D eigenvalue weighted by Crippen LogP contribution is 2.29. The molecule has 0 saturated carbocycles. The van der Waals surface area contributed by atoms with Crippen molar-refractivity contribution in [2.24, 2.45) is 0 Å². The van der Waals surface area contributed by atoms with Crippen LogP contribution >= 0.6 is 11.8 Å². The smallest absolute Gasteiger partial charge is 0.138 e. The average Bonchev–Trinajstić information content (AvgIpc) is 2.64. The van der Waals surface area contributed by atoms with Crippen molar-refractivity contribution in [2.45, 2.75) is 11.8 Å². The summed E-state index contributed by atoms with van der Waals surface area (Å²) in [5.41, 5.74) is 4.29. The molecule has 25 heavy (non-hydrogen) atoms. The first kappa shape index (κ1) is 17.0. The van der Waals surface area contributed by atoms with Crippen molar-refractivity contribution in [3.8, 4) is 27.7 Å². The highest BCUT2D eigenvalue weighted by atomic mass is 32.2. The van der Waals surface area contributed by atoms with Gasteiger partial charge in [0.25, 0.3) is 0 Å². The molecule has 3 rings (SSSR count). The van der Waals surface area contributed by atoms with Gasteiger partial charge in [-0.15, -0.1) is 0 Å². The number of rotatable bonds is 4. The van der Waals surface area contributed by atoms with Gasteiger partial charge in [0, 0.05) is 10.5 Å². The van der Waals surface area contributed by atoms with Crippen molar-refractivity contribution in [3.63, 3.8) is 0 Å². The van der Waals surface area contributed by atoms with Gasteiger partial charge in [0.15, 0.2) is 0 Å². The highest BCUT2D eigenvalue weighted by molar-refractivity contribution is 8.03. The Balaban J connectivity index is 1.89. The molecule has 0 heterocycles. The maximum Gasteiger partial charge on any atom is 0.138 e. The third-order valence-corrected chi connectivity index (χ3v) is 4.50. The number of hydrogen-bond acceptors (Lipinski definition) is 2. The summed E-state index contributed by atoms with van der Waals surface area (Å²) < 4.78 is 14.6. The maximum absolute atomic E-state index is 14.6. The van der Waals surface area contributed by atoms with Crippen molar-refractivity contribution in [1.82, 2.24) is 0 Å². The molecule has 3 heteroatoms. The molecule has 0 aromatic heterocycles. The Hall–Kier alpha value is -2.83. The summed E-state index contributed by atoms with van der Waals surface area (Å²) in [6.45, 7) is 1.97. The van der Waals surface area contributed by atoms with E-state index in [-0.39, 0.29) is 5.82 Å². The summed E-state index contributed by atoms with van der Waals surface area (Å²) in [5, 5.41) is 10.7. The van der Waals surface area contributed by atoms with Crippen LogP contribution in [0.25, 0.3) is 28.3 Å². The minimum absolute atomic E-state index is 0.244. The van der Waals surface area contributed by atoms with Gasteiger partial charge in [-0.3, -0.25) is 0 Å². The molecule has 0 aliphatic carbocycles. The van der Waals surface area contributed by atoms with E-state index < -0.39 is 0 Å². The number of nitriles is 1. The largest absolute Gasteiger partial charge is 0.206 e. The zero-order chi connectivity index (χ0) is 17.6. The Bertz CT molecular complexity index is 935. The molecule has 0 atom stereocenters. The van der Waals surface area contributed by atoms with E-state index >= 15 is 0 Å². The Morgan fingerprint density at radius 1 is 0.880 bits per heavy atom. The molecule has 0 saturated heterocycles. The van der Waals surface area contributed by atoms with Gasteiger partial charge in [0.05, 0.1) is 0 Å². The fourth-order valence-electron chi connectivity index (χ4n) is 2.66. The zero-order valence-corrected chi connectivity index (χ0v) is 14.6. The molecule has 122 valence electrons. The summed E-state index contributed by atoms with van der Waals surface area (Å²) in [7, 11) is 0. The molecular weight excluding hydrogens is 329 g/mol. The second-order valence-electron chi connectivity index (χ2n) is 5.53. The van der Waals surface area contributed by atoms with E-state index in [0.29, 0.717) is 5.56 Å². The van der Waals surface area contributed by atoms with Gasteiger partial charge in [0.1, 0.15) is 11.2 Å². The second-order valence-corrected chi connectivity index (χ2v) is 6.39. The SMILES string of the molecule is C/C=C/c1ccc(-c2ccc(-c3ccc(SC#N)cc3)cc2F)cc1. The lowest BCUT2D eigenvalue weighted by Crippen LogP contribution is -1.87. The number of allylic oxidation sites excluding steroid dienone is 1. The predicted octanol–water partition coefficient (Wildman–Crippen LogP) is 6.77. The van der Waals surface area contributed by atoms with Crippen molar-refractivity contribution in [1.29, 1.82) is 5.26 Å². The number of thioether (sulfide) groups is 1. The third kappa shape index (κ3) is 3.99. The van der Waals surface area contributed by atoms with Crippen LogP contribution in [0.5, 0.6) is 0 Å². The molecule has 0 bridgehead atoms. The van der Waals surface area contributed by atoms with E-state index in [1.54, 1.807) is 6.07 Å². The fraction of sp³-hybridized carbons (Fsp3) is 0.0455. The summed E-state index contributed by atoms with van der Waals surface area (Å²) >= 11 is 1.11. The van der Waals surface area contributed by atoms with E-state index in [1.807, 2.05) is 85.1 Å². The standard InChI is InChI=1S/C22H16FNS/c1-2-3-16-4-6-18(7-5-16)21-13-10-19(14-22(21)23)17-8-11-20(12-9-17)25-15-24/h2-14H,1H3/b3-2+. The van der Waals surface area contributed by atoms with Crippen molar-refractivity contribution in [2.75, 3.05) is 0 Å². The van der Waals surface area contributed by atoms with Gasteiger partial charge in [-0.2, -0.15) is 5.26 Å². The quantitative estimate of drug-likeness (QED) is 0.385. The molecule has 0 spiro atoms. The van der Waals surface area contributed by atoms with Crippen molar-refractivity contribution < 1.29 is 4.39 Å². The summed E-state index contributed by atoms with van der Waals surface area (Å²) in [4.78, 5) is 0.879. The van der Waals surface area contributed by atoms with Gasteiger partial charge < -0.3 is 0 Å². The number of thiocyanates is 1. The molecular formula is C22H16FNS. The average molecular weight is 345 g/mol. The molecule has 0 amide bonds. The first-order valence-corrected chi connectivity index (χ1v) is 8.72. The highest BCUT2D eigenvalue weighted by Gasteiger charge is 2.07. The molecule has 0 N–H and O–H groups in total. The first-order chi connectivity index (χ1) is 12.2. The minimum atomic E-state index is -0.244. The Kier molecular flexibility index (Phi) is 5.33. The van der Waals surface area contributed by atoms with Gasteiger partial charge >= 0.3 is 0 Å². The summed E-state index contributed by atoms with van der Waals surface area (Å²) in [6.07, 6.45) is 3.99. The summed E-state index contributed by atoms with van der Waals surface area (Å²) in [5.74, 6) is -0.244. The maximum atomic E-state index is 14.6. The van der Waals surface area contributed by atoms with Gasteiger partial charge in [-0.05, 0) is 59.1 Å². The van der Waals surface area contributed by atoms with E-state index in [9.17, 15) is 4.39 Å². The van der Waals surface area contributed by atoms with Gasteiger partial charge in [-0.1, -0.05) is 60.7 Å². The van der Waals surface area contributed by atoms with Crippen LogP contribution in [0.2, 0.25) is 0 Å².